The van der Waals surface area contributed by atoms with Gasteiger partial charge in [0, 0.05) is 18.7 Å². The van der Waals surface area contributed by atoms with Crippen LogP contribution in [-0.4, -0.2) is 44.3 Å². The van der Waals surface area contributed by atoms with E-state index in [0.717, 1.165) is 11.0 Å². The Balaban J connectivity index is 2.03. The molecule has 0 aliphatic carbocycles. The number of nitrogens with zero attached hydrogens (tertiary/aromatic N) is 2. The molecule has 1 atom stereocenters. The van der Waals surface area contributed by atoms with Crippen LogP contribution in [0.3, 0.4) is 0 Å². The molecule has 3 aromatic carbocycles. The van der Waals surface area contributed by atoms with Crippen molar-refractivity contribution in [2.45, 2.75) is 37.8 Å². The maximum absolute atomic E-state index is 14.8. The lowest BCUT2D eigenvalue weighted by Gasteiger charge is -2.32. The Kier molecular flexibility index (Phi) is 9.35. The molecule has 0 fully saturated rings. The second-order valence-corrected chi connectivity index (χ2v) is 10.2. The van der Waals surface area contributed by atoms with Gasteiger partial charge in [-0.15, -0.1) is 0 Å². The average molecular weight is 530 g/mol. The van der Waals surface area contributed by atoms with Gasteiger partial charge in [-0.25, -0.2) is 17.2 Å². The first-order valence-electron chi connectivity index (χ1n) is 11.8. The summed E-state index contributed by atoms with van der Waals surface area (Å²) in [5.74, 6) is -2.70. The second kappa shape index (κ2) is 12.4. The summed E-state index contributed by atoms with van der Waals surface area (Å²) in [5, 5.41) is 2.70. The zero-order valence-corrected chi connectivity index (χ0v) is 21.4. The molecule has 0 saturated heterocycles. The highest BCUT2D eigenvalue weighted by atomic mass is 32.2. The number of benzene rings is 3. The van der Waals surface area contributed by atoms with Crippen molar-refractivity contribution < 1.29 is 26.8 Å². The average Bonchev–Trinajstić information content (AvgIpc) is 2.90. The number of para-hydroxylation sites is 1. The molecular weight excluding hydrogens is 500 g/mol. The van der Waals surface area contributed by atoms with Crippen molar-refractivity contribution in [3.8, 4) is 0 Å². The van der Waals surface area contributed by atoms with Gasteiger partial charge in [0.25, 0.3) is 10.0 Å². The smallest absolute Gasteiger partial charge is 0.264 e. The van der Waals surface area contributed by atoms with Crippen LogP contribution in [0.15, 0.2) is 83.8 Å². The molecular formula is C27H29F2N3O4S. The van der Waals surface area contributed by atoms with Gasteiger partial charge in [-0.2, -0.15) is 0 Å². The lowest BCUT2D eigenvalue weighted by atomic mass is 10.1. The summed E-state index contributed by atoms with van der Waals surface area (Å²) in [6, 6.07) is 17.3. The van der Waals surface area contributed by atoms with E-state index in [9.17, 15) is 26.8 Å². The number of amides is 2. The molecule has 0 heterocycles. The van der Waals surface area contributed by atoms with Gasteiger partial charge in [0.15, 0.2) is 0 Å². The summed E-state index contributed by atoms with van der Waals surface area (Å²) in [6.45, 7) is 2.62. The number of carbonyl (C=O) groups is 2. The third-order valence-corrected chi connectivity index (χ3v) is 7.52. The molecule has 2 amide bonds. The number of hydrogen-bond donors (Lipinski definition) is 1. The van der Waals surface area contributed by atoms with Crippen molar-refractivity contribution in [2.24, 2.45) is 0 Å². The predicted molar refractivity (Wildman–Crippen MR) is 137 cm³/mol. The van der Waals surface area contributed by atoms with Gasteiger partial charge in [0.05, 0.1) is 10.6 Å². The van der Waals surface area contributed by atoms with Crippen LogP contribution in [0.2, 0.25) is 0 Å². The maximum Gasteiger partial charge on any atom is 0.264 e. The normalized spacial score (nSPS) is 12.0. The van der Waals surface area contributed by atoms with Crippen LogP contribution in [-0.2, 0) is 26.2 Å². The van der Waals surface area contributed by atoms with E-state index in [1.54, 1.807) is 12.1 Å². The van der Waals surface area contributed by atoms with E-state index in [1.807, 2.05) is 6.92 Å². The van der Waals surface area contributed by atoms with Crippen LogP contribution in [0.1, 0.15) is 25.8 Å². The van der Waals surface area contributed by atoms with E-state index in [1.165, 1.54) is 67.6 Å². The van der Waals surface area contributed by atoms with Crippen molar-refractivity contribution in [1.82, 2.24) is 10.2 Å². The first kappa shape index (κ1) is 27.8. The first-order chi connectivity index (χ1) is 17.7. The molecule has 7 nitrogen and oxygen atoms in total. The molecule has 0 aliphatic rings. The molecule has 0 bridgehead atoms. The Morgan fingerprint density at radius 1 is 0.892 bits per heavy atom. The fourth-order valence-electron chi connectivity index (χ4n) is 3.68. The van der Waals surface area contributed by atoms with Crippen LogP contribution in [0.4, 0.5) is 14.5 Å². The quantitative estimate of drug-likeness (QED) is 0.405. The van der Waals surface area contributed by atoms with E-state index in [2.05, 4.69) is 5.32 Å². The monoisotopic (exact) mass is 529 g/mol. The van der Waals surface area contributed by atoms with Gasteiger partial charge >= 0.3 is 0 Å². The first-order valence-corrected chi connectivity index (χ1v) is 13.2. The van der Waals surface area contributed by atoms with Crippen molar-refractivity contribution in [3.63, 3.8) is 0 Å². The third kappa shape index (κ3) is 6.71. The Morgan fingerprint density at radius 3 is 2.11 bits per heavy atom. The Hall–Kier alpha value is -3.79. The summed E-state index contributed by atoms with van der Waals surface area (Å²) in [5.41, 5.74) is -0.178. The topological polar surface area (TPSA) is 86.8 Å². The van der Waals surface area contributed by atoms with Crippen LogP contribution in [0.5, 0.6) is 0 Å². The largest absolute Gasteiger partial charge is 0.354 e. The predicted octanol–water partition coefficient (Wildman–Crippen LogP) is 4.10. The highest BCUT2D eigenvalue weighted by molar-refractivity contribution is 7.92. The van der Waals surface area contributed by atoms with Crippen LogP contribution in [0, 0.1) is 11.6 Å². The molecule has 0 saturated carbocycles. The summed E-state index contributed by atoms with van der Waals surface area (Å²) in [7, 11) is -4.38. The van der Waals surface area contributed by atoms with E-state index >= 15 is 0 Å². The highest BCUT2D eigenvalue weighted by Gasteiger charge is 2.33. The molecule has 10 heteroatoms. The molecule has 0 aliphatic heterocycles. The summed E-state index contributed by atoms with van der Waals surface area (Å²) in [6.07, 6.45) is 0.663. The Labute approximate surface area is 215 Å². The molecule has 0 aromatic heterocycles. The molecule has 196 valence electrons. The number of nitrogens with one attached hydrogen (secondary N) is 1. The summed E-state index contributed by atoms with van der Waals surface area (Å²) in [4.78, 5) is 27.4. The van der Waals surface area contributed by atoms with Gasteiger partial charge in [-0.3, -0.25) is 13.9 Å². The minimum absolute atomic E-state index is 0.138. The standard InChI is InChI=1S/C27H29F2N3O4S/c1-3-17-30-27(34)20(2)31(18-21-11-7-8-14-23(21)28)26(33)19-32(25-16-10-9-15-24(25)29)37(35,36)22-12-5-4-6-13-22/h4-16,20H,3,17-19H2,1-2H3,(H,30,34)/t20-/m0/s1. The van der Waals surface area contributed by atoms with Crippen LogP contribution in [0.25, 0.3) is 0 Å². The summed E-state index contributed by atoms with van der Waals surface area (Å²) >= 11 is 0. The van der Waals surface area contributed by atoms with E-state index in [0.29, 0.717) is 17.3 Å². The second-order valence-electron chi connectivity index (χ2n) is 8.36. The van der Waals surface area contributed by atoms with Gasteiger partial charge in [0.2, 0.25) is 11.8 Å². The fourth-order valence-corrected chi connectivity index (χ4v) is 5.12. The van der Waals surface area contributed by atoms with Crippen LogP contribution < -0.4 is 9.62 Å². The molecule has 1 N–H and O–H groups in total. The number of anilines is 1. The van der Waals surface area contributed by atoms with Gasteiger partial charge in [-0.1, -0.05) is 55.5 Å². The third-order valence-electron chi connectivity index (χ3n) is 5.75. The number of carbonyl (C=O) groups excluding carboxylic acids is 2. The molecule has 3 aromatic rings. The van der Waals surface area contributed by atoms with Crippen molar-refractivity contribution in [1.29, 1.82) is 0 Å². The van der Waals surface area contributed by atoms with E-state index < -0.39 is 46.1 Å². The number of rotatable bonds is 11. The van der Waals surface area contributed by atoms with Crippen molar-refractivity contribution >= 4 is 27.5 Å². The number of sulfonamides is 1. The fraction of sp³-hybridized carbons (Fsp3) is 0.259. The SMILES string of the molecule is CCCNC(=O)[C@H](C)N(Cc1ccccc1F)C(=O)CN(c1ccccc1F)S(=O)(=O)c1ccccc1. The zero-order valence-electron chi connectivity index (χ0n) is 20.6. The summed E-state index contributed by atoms with van der Waals surface area (Å²) < 4.78 is 57.1. The number of hydrogen-bond acceptors (Lipinski definition) is 4. The molecule has 0 spiro atoms. The van der Waals surface area contributed by atoms with Crippen molar-refractivity contribution in [2.75, 3.05) is 17.4 Å². The van der Waals surface area contributed by atoms with E-state index in [4.69, 9.17) is 0 Å². The van der Waals surface area contributed by atoms with E-state index in [-0.39, 0.29) is 22.7 Å². The minimum Gasteiger partial charge on any atom is -0.354 e. The lowest BCUT2D eigenvalue weighted by Crippen LogP contribution is -2.51. The Bertz CT molecular complexity index is 1340. The van der Waals surface area contributed by atoms with Gasteiger partial charge in [0.1, 0.15) is 24.2 Å². The highest BCUT2D eigenvalue weighted by Crippen LogP contribution is 2.27. The lowest BCUT2D eigenvalue weighted by molar-refractivity contribution is -0.139. The molecule has 3 rings (SSSR count). The van der Waals surface area contributed by atoms with Gasteiger partial charge < -0.3 is 10.2 Å². The van der Waals surface area contributed by atoms with Crippen LogP contribution >= 0.6 is 0 Å². The van der Waals surface area contributed by atoms with Gasteiger partial charge in [-0.05, 0) is 43.7 Å². The molecule has 37 heavy (non-hydrogen) atoms. The minimum atomic E-state index is -4.38. The maximum atomic E-state index is 14.8. The number of halogens is 2. The zero-order chi connectivity index (χ0) is 27.0. The van der Waals surface area contributed by atoms with Crippen molar-refractivity contribution in [3.05, 3.63) is 96.1 Å². The molecule has 0 unspecified atom stereocenters. The Morgan fingerprint density at radius 2 is 1.49 bits per heavy atom. The molecule has 0 radical (unpaired) electrons.